The number of nitrogens with zero attached hydrogens (tertiary/aromatic N) is 3. The first kappa shape index (κ1) is 16.1. The van der Waals surface area contributed by atoms with Crippen LogP contribution < -0.4 is 4.74 Å². The maximum atomic E-state index is 11.4. The molecule has 0 aliphatic heterocycles. The van der Waals surface area contributed by atoms with E-state index in [2.05, 4.69) is 10.2 Å². The Morgan fingerprint density at radius 1 is 1.38 bits per heavy atom. The lowest BCUT2D eigenvalue weighted by molar-refractivity contribution is 0.210. The standard InChI is InChI=1S/C12H13Cl2N3O3S/c1-3-17-11(15-16-12(17)21(14,18)19)8(2)20-10-6-4-5-9(13)7-10/h4-8H,3H2,1-2H3. The van der Waals surface area contributed by atoms with Gasteiger partial charge in [-0.05, 0) is 32.0 Å². The zero-order chi connectivity index (χ0) is 15.6. The Hall–Kier alpha value is -1.31. The summed E-state index contributed by atoms with van der Waals surface area (Å²) in [5, 5.41) is 7.74. The average molecular weight is 350 g/mol. The predicted octanol–water partition coefficient (Wildman–Crippen LogP) is 3.02. The van der Waals surface area contributed by atoms with Gasteiger partial charge in [0.2, 0.25) is 0 Å². The Kier molecular flexibility index (Phi) is 4.75. The predicted molar refractivity (Wildman–Crippen MR) is 79.2 cm³/mol. The van der Waals surface area contributed by atoms with Crippen molar-refractivity contribution < 1.29 is 13.2 Å². The van der Waals surface area contributed by atoms with Crippen molar-refractivity contribution >= 4 is 31.3 Å². The molecule has 9 heteroatoms. The molecule has 114 valence electrons. The van der Waals surface area contributed by atoms with Gasteiger partial charge in [-0.15, -0.1) is 10.2 Å². The van der Waals surface area contributed by atoms with Gasteiger partial charge >= 0.3 is 0 Å². The molecule has 0 aliphatic carbocycles. The highest BCUT2D eigenvalue weighted by molar-refractivity contribution is 8.13. The zero-order valence-electron chi connectivity index (χ0n) is 11.3. The van der Waals surface area contributed by atoms with Crippen LogP contribution in [0.2, 0.25) is 5.02 Å². The summed E-state index contributed by atoms with van der Waals surface area (Å²) in [4.78, 5) is 0. The van der Waals surface area contributed by atoms with Crippen molar-refractivity contribution in [3.63, 3.8) is 0 Å². The molecule has 0 saturated carbocycles. The van der Waals surface area contributed by atoms with Crippen molar-refractivity contribution in [2.45, 2.75) is 31.7 Å². The van der Waals surface area contributed by atoms with E-state index in [0.29, 0.717) is 23.1 Å². The number of hydrogen-bond acceptors (Lipinski definition) is 5. The Balaban J connectivity index is 2.32. The van der Waals surface area contributed by atoms with Gasteiger partial charge in [0.05, 0.1) is 0 Å². The van der Waals surface area contributed by atoms with E-state index in [1.165, 1.54) is 4.57 Å². The van der Waals surface area contributed by atoms with Crippen LogP contribution in [0, 0.1) is 0 Å². The second-order valence-corrected chi connectivity index (χ2v) is 7.14. The molecule has 0 radical (unpaired) electrons. The van der Waals surface area contributed by atoms with E-state index in [-0.39, 0.29) is 5.16 Å². The molecule has 21 heavy (non-hydrogen) atoms. The molecule has 1 aromatic carbocycles. The number of hydrogen-bond donors (Lipinski definition) is 0. The molecule has 6 nitrogen and oxygen atoms in total. The van der Waals surface area contributed by atoms with Crippen LogP contribution in [-0.4, -0.2) is 23.2 Å². The summed E-state index contributed by atoms with van der Waals surface area (Å²) in [5.41, 5.74) is 0. The second-order valence-electron chi connectivity index (χ2n) is 4.24. The zero-order valence-corrected chi connectivity index (χ0v) is 13.7. The lowest BCUT2D eigenvalue weighted by atomic mass is 10.3. The first-order valence-corrected chi connectivity index (χ1v) is 8.81. The highest BCUT2D eigenvalue weighted by atomic mass is 35.7. The summed E-state index contributed by atoms with van der Waals surface area (Å²) in [6.07, 6.45) is -0.511. The van der Waals surface area contributed by atoms with E-state index in [0.717, 1.165) is 0 Å². The first-order chi connectivity index (χ1) is 9.82. The summed E-state index contributed by atoms with van der Waals surface area (Å²) < 4.78 is 30.0. The van der Waals surface area contributed by atoms with Crippen LogP contribution in [0.15, 0.2) is 29.4 Å². The monoisotopic (exact) mass is 349 g/mol. The average Bonchev–Trinajstić information content (AvgIpc) is 2.82. The van der Waals surface area contributed by atoms with Crippen LogP contribution >= 0.6 is 22.3 Å². The minimum Gasteiger partial charge on any atom is -0.483 e. The Morgan fingerprint density at radius 2 is 2.10 bits per heavy atom. The van der Waals surface area contributed by atoms with Crippen molar-refractivity contribution in [3.8, 4) is 5.75 Å². The van der Waals surface area contributed by atoms with Crippen LogP contribution in [-0.2, 0) is 15.6 Å². The lowest BCUT2D eigenvalue weighted by Crippen LogP contribution is -2.13. The smallest absolute Gasteiger partial charge is 0.296 e. The fraction of sp³-hybridized carbons (Fsp3) is 0.333. The van der Waals surface area contributed by atoms with Gasteiger partial charge in [0, 0.05) is 22.2 Å². The van der Waals surface area contributed by atoms with E-state index in [1.54, 1.807) is 38.1 Å². The minimum atomic E-state index is -3.95. The Bertz CT molecular complexity index is 746. The van der Waals surface area contributed by atoms with Crippen molar-refractivity contribution in [1.29, 1.82) is 0 Å². The minimum absolute atomic E-state index is 0.289. The highest BCUT2D eigenvalue weighted by Gasteiger charge is 2.25. The van der Waals surface area contributed by atoms with E-state index in [4.69, 9.17) is 27.0 Å². The SMILES string of the molecule is CCn1c(C(C)Oc2cccc(Cl)c2)nnc1S(=O)(=O)Cl. The number of halogens is 2. The third kappa shape index (κ3) is 3.66. The number of rotatable bonds is 5. The maximum Gasteiger partial charge on any atom is 0.296 e. The van der Waals surface area contributed by atoms with E-state index < -0.39 is 15.2 Å². The molecule has 0 saturated heterocycles. The number of benzene rings is 1. The fourth-order valence-corrected chi connectivity index (χ4v) is 3.02. The topological polar surface area (TPSA) is 74.1 Å². The molecule has 2 rings (SSSR count). The molecule has 0 spiro atoms. The summed E-state index contributed by atoms with van der Waals surface area (Å²) in [6.45, 7) is 3.86. The van der Waals surface area contributed by atoms with Crippen LogP contribution in [0.1, 0.15) is 25.8 Å². The molecular weight excluding hydrogens is 337 g/mol. The summed E-state index contributed by atoms with van der Waals surface area (Å²) in [5.74, 6) is 0.924. The quantitative estimate of drug-likeness (QED) is 0.775. The van der Waals surface area contributed by atoms with Crippen LogP contribution in [0.4, 0.5) is 0 Å². The molecule has 1 aromatic heterocycles. The third-order valence-electron chi connectivity index (χ3n) is 2.75. The van der Waals surface area contributed by atoms with Crippen molar-refractivity contribution in [3.05, 3.63) is 35.1 Å². The van der Waals surface area contributed by atoms with Crippen LogP contribution in [0.5, 0.6) is 5.75 Å². The van der Waals surface area contributed by atoms with Gasteiger partial charge < -0.3 is 4.74 Å². The molecule has 0 bridgehead atoms. The largest absolute Gasteiger partial charge is 0.483 e. The normalized spacial score (nSPS) is 13.1. The summed E-state index contributed by atoms with van der Waals surface area (Å²) in [7, 11) is 1.38. The summed E-state index contributed by atoms with van der Waals surface area (Å²) >= 11 is 5.89. The van der Waals surface area contributed by atoms with Crippen LogP contribution in [0.3, 0.4) is 0 Å². The van der Waals surface area contributed by atoms with Crippen molar-refractivity contribution in [2.75, 3.05) is 0 Å². The number of ether oxygens (including phenoxy) is 1. The fourth-order valence-electron chi connectivity index (χ4n) is 1.88. The third-order valence-corrected chi connectivity index (χ3v) is 4.14. The van der Waals surface area contributed by atoms with Gasteiger partial charge in [-0.1, -0.05) is 17.7 Å². The molecule has 0 amide bonds. The van der Waals surface area contributed by atoms with Gasteiger partial charge in [0.15, 0.2) is 11.9 Å². The first-order valence-electron chi connectivity index (χ1n) is 6.13. The molecule has 2 aromatic rings. The Morgan fingerprint density at radius 3 is 2.67 bits per heavy atom. The van der Waals surface area contributed by atoms with E-state index in [1.807, 2.05) is 0 Å². The van der Waals surface area contributed by atoms with Gasteiger partial charge in [0.25, 0.3) is 14.2 Å². The van der Waals surface area contributed by atoms with Gasteiger partial charge in [-0.25, -0.2) is 8.42 Å². The van der Waals surface area contributed by atoms with Gasteiger partial charge in [-0.3, -0.25) is 4.57 Å². The maximum absolute atomic E-state index is 11.4. The molecular formula is C12H13Cl2N3O3S. The Labute approximate surface area is 132 Å². The molecule has 1 unspecified atom stereocenters. The highest BCUT2D eigenvalue weighted by Crippen LogP contribution is 2.25. The lowest BCUT2D eigenvalue weighted by Gasteiger charge is -2.15. The van der Waals surface area contributed by atoms with Gasteiger partial charge in [0.1, 0.15) is 5.75 Å². The molecule has 0 N–H and O–H groups in total. The molecule has 0 aliphatic rings. The van der Waals surface area contributed by atoms with E-state index in [9.17, 15) is 8.42 Å². The van der Waals surface area contributed by atoms with Crippen molar-refractivity contribution in [1.82, 2.24) is 14.8 Å². The second kappa shape index (κ2) is 6.21. The summed E-state index contributed by atoms with van der Waals surface area (Å²) in [6, 6.07) is 6.88. The van der Waals surface area contributed by atoms with Crippen LogP contribution in [0.25, 0.3) is 0 Å². The van der Waals surface area contributed by atoms with Crippen molar-refractivity contribution in [2.24, 2.45) is 0 Å². The molecule has 1 atom stereocenters. The molecule has 0 fully saturated rings. The molecule has 1 heterocycles. The number of aromatic nitrogens is 3. The van der Waals surface area contributed by atoms with E-state index >= 15 is 0 Å². The van der Waals surface area contributed by atoms with Gasteiger partial charge in [-0.2, -0.15) is 0 Å².